The first-order valence-corrected chi connectivity index (χ1v) is 10.8. The molecule has 166 valence electrons. The Balaban J connectivity index is 1.38. The van der Waals surface area contributed by atoms with E-state index in [1.165, 1.54) is 0 Å². The van der Waals surface area contributed by atoms with Gasteiger partial charge in [0.2, 0.25) is 0 Å². The first-order valence-electron chi connectivity index (χ1n) is 10.5. The van der Waals surface area contributed by atoms with Gasteiger partial charge >= 0.3 is 0 Å². The van der Waals surface area contributed by atoms with Crippen LogP contribution < -0.4 is 15.0 Å². The highest BCUT2D eigenvalue weighted by Crippen LogP contribution is 2.26. The molecule has 0 aliphatic carbocycles. The number of carbonyl (C=O) groups is 1. The second-order valence-corrected chi connectivity index (χ2v) is 8.04. The van der Waals surface area contributed by atoms with Crippen molar-refractivity contribution in [1.82, 2.24) is 10.2 Å². The highest BCUT2D eigenvalue weighted by Gasteiger charge is 2.13. The van der Waals surface area contributed by atoms with Gasteiger partial charge in [0.05, 0.1) is 18.9 Å². The van der Waals surface area contributed by atoms with E-state index < -0.39 is 0 Å². The van der Waals surface area contributed by atoms with Crippen LogP contribution in [0.25, 0.3) is 11.3 Å². The SMILES string of the molecule is Cc1cc(OCC(=O)Nc2cccc(-c3ccc(N4CCOCC4)nn3)c2)cc(C)c1Cl. The van der Waals surface area contributed by atoms with Crippen LogP contribution in [0.5, 0.6) is 5.75 Å². The summed E-state index contributed by atoms with van der Waals surface area (Å²) in [6.07, 6.45) is 0. The molecule has 32 heavy (non-hydrogen) atoms. The normalized spacial score (nSPS) is 13.7. The molecule has 1 aromatic heterocycles. The maximum atomic E-state index is 12.4. The van der Waals surface area contributed by atoms with Gasteiger partial charge in [-0.25, -0.2) is 0 Å². The minimum atomic E-state index is -0.249. The zero-order valence-corrected chi connectivity index (χ0v) is 18.9. The van der Waals surface area contributed by atoms with E-state index in [1.54, 1.807) is 0 Å². The summed E-state index contributed by atoms with van der Waals surface area (Å²) >= 11 is 6.18. The monoisotopic (exact) mass is 452 g/mol. The van der Waals surface area contributed by atoms with Gasteiger partial charge in [-0.15, -0.1) is 10.2 Å². The lowest BCUT2D eigenvalue weighted by atomic mass is 10.1. The number of amides is 1. The van der Waals surface area contributed by atoms with E-state index in [0.717, 1.165) is 41.3 Å². The summed E-state index contributed by atoms with van der Waals surface area (Å²) in [5, 5.41) is 12.3. The first kappa shape index (κ1) is 22.0. The number of nitrogens with zero attached hydrogens (tertiary/aromatic N) is 3. The van der Waals surface area contributed by atoms with Crippen LogP contribution in [0.15, 0.2) is 48.5 Å². The Kier molecular flexibility index (Phi) is 6.87. The largest absolute Gasteiger partial charge is 0.484 e. The molecule has 0 atom stereocenters. The molecule has 0 spiro atoms. The second kappa shape index (κ2) is 9.97. The number of halogens is 1. The van der Waals surface area contributed by atoms with Gasteiger partial charge in [-0.2, -0.15) is 0 Å². The number of aromatic nitrogens is 2. The van der Waals surface area contributed by atoms with Gasteiger partial charge in [-0.05, 0) is 61.4 Å². The molecule has 1 N–H and O–H groups in total. The van der Waals surface area contributed by atoms with Crippen LogP contribution in [-0.2, 0) is 9.53 Å². The van der Waals surface area contributed by atoms with Gasteiger partial charge in [0, 0.05) is 29.4 Å². The summed E-state index contributed by atoms with van der Waals surface area (Å²) in [7, 11) is 0. The molecule has 1 amide bonds. The number of hydrogen-bond donors (Lipinski definition) is 1. The zero-order valence-electron chi connectivity index (χ0n) is 18.1. The molecule has 7 nitrogen and oxygen atoms in total. The molecule has 0 unspecified atom stereocenters. The fraction of sp³-hybridized carbons (Fsp3) is 0.292. The Hall–Kier alpha value is -3.16. The lowest BCUT2D eigenvalue weighted by molar-refractivity contribution is -0.118. The Morgan fingerprint density at radius 1 is 1.09 bits per heavy atom. The van der Waals surface area contributed by atoms with Gasteiger partial charge in [-0.1, -0.05) is 23.7 Å². The van der Waals surface area contributed by atoms with Crippen LogP contribution in [0.4, 0.5) is 11.5 Å². The average Bonchev–Trinajstić information content (AvgIpc) is 2.82. The van der Waals surface area contributed by atoms with Gasteiger partial charge < -0.3 is 19.7 Å². The molecule has 1 aliphatic rings. The first-order chi connectivity index (χ1) is 15.5. The quantitative estimate of drug-likeness (QED) is 0.602. The van der Waals surface area contributed by atoms with Crippen molar-refractivity contribution in [3.05, 3.63) is 64.7 Å². The molecule has 8 heteroatoms. The van der Waals surface area contributed by atoms with Gasteiger partial charge in [0.25, 0.3) is 5.91 Å². The minimum Gasteiger partial charge on any atom is -0.484 e. The molecular formula is C24H25ClN4O3. The van der Waals surface area contributed by atoms with E-state index in [2.05, 4.69) is 20.4 Å². The third-order valence-corrected chi connectivity index (χ3v) is 5.80. The van der Waals surface area contributed by atoms with Crippen molar-refractivity contribution >= 4 is 29.0 Å². The van der Waals surface area contributed by atoms with Crippen molar-refractivity contribution in [1.29, 1.82) is 0 Å². The number of benzene rings is 2. The van der Waals surface area contributed by atoms with Crippen molar-refractivity contribution in [2.45, 2.75) is 13.8 Å². The Morgan fingerprint density at radius 3 is 2.53 bits per heavy atom. The summed E-state index contributed by atoms with van der Waals surface area (Å²) < 4.78 is 11.0. The molecule has 0 bridgehead atoms. The van der Waals surface area contributed by atoms with E-state index in [0.29, 0.717) is 29.7 Å². The van der Waals surface area contributed by atoms with Crippen LogP contribution in [0.1, 0.15) is 11.1 Å². The number of aryl methyl sites for hydroxylation is 2. The van der Waals surface area contributed by atoms with Gasteiger partial charge in [-0.3, -0.25) is 4.79 Å². The third-order valence-electron chi connectivity index (χ3n) is 5.21. The van der Waals surface area contributed by atoms with Crippen molar-refractivity contribution in [2.24, 2.45) is 0 Å². The molecule has 1 fully saturated rings. The maximum absolute atomic E-state index is 12.4. The molecule has 1 aliphatic heterocycles. The van der Waals surface area contributed by atoms with Crippen molar-refractivity contribution in [3.8, 4) is 17.0 Å². The average molecular weight is 453 g/mol. The summed E-state index contributed by atoms with van der Waals surface area (Å²) in [5.74, 6) is 1.21. The number of rotatable bonds is 6. The van der Waals surface area contributed by atoms with Gasteiger partial charge in [0.15, 0.2) is 12.4 Å². The number of carbonyl (C=O) groups excluding carboxylic acids is 1. The summed E-state index contributed by atoms with van der Waals surface area (Å²) in [5.41, 5.74) is 4.10. The minimum absolute atomic E-state index is 0.0984. The molecule has 1 saturated heterocycles. The maximum Gasteiger partial charge on any atom is 0.262 e. The van der Waals surface area contributed by atoms with Crippen molar-refractivity contribution in [3.63, 3.8) is 0 Å². The van der Waals surface area contributed by atoms with Crippen molar-refractivity contribution in [2.75, 3.05) is 43.1 Å². The van der Waals surface area contributed by atoms with Crippen LogP contribution >= 0.6 is 11.6 Å². The molecule has 4 rings (SSSR count). The Labute approximate surface area is 192 Å². The van der Waals surface area contributed by atoms with Crippen LogP contribution in [0, 0.1) is 13.8 Å². The smallest absolute Gasteiger partial charge is 0.262 e. The second-order valence-electron chi connectivity index (χ2n) is 7.66. The summed E-state index contributed by atoms with van der Waals surface area (Å²) in [4.78, 5) is 14.5. The number of nitrogens with one attached hydrogen (secondary N) is 1. The van der Waals surface area contributed by atoms with E-state index in [9.17, 15) is 4.79 Å². The Bertz CT molecular complexity index is 1080. The van der Waals surface area contributed by atoms with Crippen LogP contribution in [0.2, 0.25) is 5.02 Å². The summed E-state index contributed by atoms with van der Waals surface area (Å²) in [6.45, 7) is 6.74. The lowest BCUT2D eigenvalue weighted by Crippen LogP contribution is -2.36. The van der Waals surface area contributed by atoms with Crippen LogP contribution in [-0.4, -0.2) is 49.0 Å². The third kappa shape index (κ3) is 5.36. The van der Waals surface area contributed by atoms with E-state index in [4.69, 9.17) is 21.1 Å². The number of anilines is 2. The number of morpholine rings is 1. The van der Waals surface area contributed by atoms with E-state index >= 15 is 0 Å². The molecule has 0 saturated carbocycles. The van der Waals surface area contributed by atoms with E-state index in [-0.39, 0.29) is 12.5 Å². The highest BCUT2D eigenvalue weighted by molar-refractivity contribution is 6.32. The number of ether oxygens (including phenoxy) is 2. The van der Waals surface area contributed by atoms with Crippen LogP contribution in [0.3, 0.4) is 0 Å². The summed E-state index contributed by atoms with van der Waals surface area (Å²) in [6, 6.07) is 15.0. The molecular weight excluding hydrogens is 428 g/mol. The number of hydrogen-bond acceptors (Lipinski definition) is 6. The zero-order chi connectivity index (χ0) is 22.5. The predicted octanol–water partition coefficient (Wildman–Crippen LogP) is 4.27. The predicted molar refractivity (Wildman–Crippen MR) is 126 cm³/mol. The standard InChI is InChI=1S/C24H25ClN4O3/c1-16-12-20(13-17(2)24(16)25)32-15-23(30)26-19-5-3-4-18(14-19)21-6-7-22(28-27-21)29-8-10-31-11-9-29/h3-7,12-14H,8-11,15H2,1-2H3,(H,26,30). The molecule has 2 heterocycles. The fourth-order valence-electron chi connectivity index (χ4n) is 3.53. The Morgan fingerprint density at radius 2 is 1.84 bits per heavy atom. The van der Waals surface area contributed by atoms with Gasteiger partial charge in [0.1, 0.15) is 5.75 Å². The highest BCUT2D eigenvalue weighted by atomic mass is 35.5. The van der Waals surface area contributed by atoms with Crippen molar-refractivity contribution < 1.29 is 14.3 Å². The van der Waals surface area contributed by atoms with E-state index in [1.807, 2.05) is 62.4 Å². The molecule has 0 radical (unpaired) electrons. The molecule has 3 aromatic rings. The fourth-order valence-corrected chi connectivity index (χ4v) is 3.64. The molecule has 2 aromatic carbocycles. The lowest BCUT2D eigenvalue weighted by Gasteiger charge is -2.27. The topological polar surface area (TPSA) is 76.6 Å².